The molecule has 5 heteroatoms. The predicted octanol–water partition coefficient (Wildman–Crippen LogP) is 0.801. The van der Waals surface area contributed by atoms with Crippen LogP contribution in [0.15, 0.2) is 24.3 Å². The van der Waals surface area contributed by atoms with Gasteiger partial charge in [-0.3, -0.25) is 4.79 Å². The van der Waals surface area contributed by atoms with E-state index in [1.54, 1.807) is 12.1 Å². The minimum Gasteiger partial charge on any atom is -0.325 e. The van der Waals surface area contributed by atoms with Gasteiger partial charge in [0.2, 0.25) is 16.2 Å². The molecule has 1 aromatic rings. The normalized spacial score (nSPS) is 20.6. The fraction of sp³-hybridized carbons (Fsp3) is 0.0909. The first-order valence-electron chi connectivity index (χ1n) is 4.76. The first-order chi connectivity index (χ1) is 7.68. The second kappa shape index (κ2) is 3.05. The van der Waals surface area contributed by atoms with Gasteiger partial charge in [-0.1, -0.05) is 18.2 Å². The zero-order valence-corrected chi connectivity index (χ0v) is 8.91. The first-order valence-corrected chi connectivity index (χ1v) is 5.84. The van der Waals surface area contributed by atoms with Crippen molar-refractivity contribution < 1.29 is 13.2 Å². The van der Waals surface area contributed by atoms with Crippen LogP contribution in [0.25, 0.3) is 6.08 Å². The van der Waals surface area contributed by atoms with Crippen LogP contribution >= 0.6 is 0 Å². The highest BCUT2D eigenvalue weighted by molar-refractivity contribution is 7.73. The van der Waals surface area contributed by atoms with E-state index in [2.05, 4.69) is 5.32 Å². The van der Waals surface area contributed by atoms with Crippen LogP contribution in [0.3, 0.4) is 0 Å². The lowest BCUT2D eigenvalue weighted by atomic mass is 9.88. The van der Waals surface area contributed by atoms with Crippen molar-refractivity contribution in [1.82, 2.24) is 0 Å². The van der Waals surface area contributed by atoms with Gasteiger partial charge in [0.1, 0.15) is 5.92 Å². The minimum atomic E-state index is -2.36. The van der Waals surface area contributed by atoms with Crippen LogP contribution in [0, 0.1) is 0 Å². The number of hydrogen-bond donors (Lipinski definition) is 1. The number of benzene rings is 1. The topological polar surface area (TPSA) is 63.2 Å². The van der Waals surface area contributed by atoms with Crippen molar-refractivity contribution in [2.24, 2.45) is 0 Å². The number of anilines is 1. The van der Waals surface area contributed by atoms with Crippen LogP contribution in [0.5, 0.6) is 0 Å². The van der Waals surface area contributed by atoms with Gasteiger partial charge in [-0.2, -0.15) is 8.42 Å². The molecule has 80 valence electrons. The first kappa shape index (κ1) is 9.35. The van der Waals surface area contributed by atoms with Crippen LogP contribution in [0.2, 0.25) is 0 Å². The maximum Gasteiger partial charge on any atom is 0.237 e. The number of amides is 1. The van der Waals surface area contributed by atoms with Gasteiger partial charge in [0.15, 0.2) is 0 Å². The fourth-order valence-corrected chi connectivity index (χ4v) is 2.78. The molecule has 1 N–H and O–H groups in total. The van der Waals surface area contributed by atoms with Crippen molar-refractivity contribution in [3.63, 3.8) is 0 Å². The van der Waals surface area contributed by atoms with Gasteiger partial charge < -0.3 is 5.32 Å². The molecule has 1 aliphatic heterocycles. The summed E-state index contributed by atoms with van der Waals surface area (Å²) < 4.78 is 22.1. The molecule has 0 bridgehead atoms. The second-order valence-corrected chi connectivity index (χ2v) is 4.64. The number of carbonyl (C=O) groups is 1. The molecule has 1 atom stereocenters. The van der Waals surface area contributed by atoms with Crippen molar-refractivity contribution in [3.05, 3.63) is 35.4 Å². The van der Waals surface area contributed by atoms with Crippen molar-refractivity contribution in [2.75, 3.05) is 5.32 Å². The second-order valence-electron chi connectivity index (χ2n) is 3.70. The average Bonchev–Trinajstić information content (AvgIpc) is 2.59. The predicted molar refractivity (Wildman–Crippen MR) is 60.8 cm³/mol. The van der Waals surface area contributed by atoms with Gasteiger partial charge in [-0.05, 0) is 17.7 Å². The Morgan fingerprint density at radius 3 is 2.75 bits per heavy atom. The fourth-order valence-electron chi connectivity index (χ4n) is 2.19. The summed E-state index contributed by atoms with van der Waals surface area (Å²) >= 11 is 0. The molecule has 4 nitrogen and oxygen atoms in total. The van der Waals surface area contributed by atoms with E-state index in [0.29, 0.717) is 5.69 Å². The van der Waals surface area contributed by atoms with Crippen molar-refractivity contribution in [1.29, 1.82) is 0 Å². The third-order valence-corrected chi connectivity index (χ3v) is 3.61. The van der Waals surface area contributed by atoms with Crippen LogP contribution in [0.1, 0.15) is 17.0 Å². The lowest BCUT2D eigenvalue weighted by molar-refractivity contribution is -0.115. The molecular formula is C11H7NO3S. The Labute approximate surface area is 93.1 Å². The molecule has 16 heavy (non-hydrogen) atoms. The smallest absolute Gasteiger partial charge is 0.237 e. The third kappa shape index (κ3) is 1.09. The summed E-state index contributed by atoms with van der Waals surface area (Å²) in [4.78, 5) is 11.9. The Morgan fingerprint density at radius 2 is 2.00 bits per heavy atom. The Hall–Kier alpha value is -1.88. The van der Waals surface area contributed by atoms with Gasteiger partial charge in [0, 0.05) is 11.3 Å². The number of nitrogens with one attached hydrogen (secondary N) is 1. The van der Waals surface area contributed by atoms with E-state index in [9.17, 15) is 13.2 Å². The summed E-state index contributed by atoms with van der Waals surface area (Å²) in [5.74, 6) is -0.944. The highest BCUT2D eigenvalue weighted by Crippen LogP contribution is 2.39. The highest BCUT2D eigenvalue weighted by Gasteiger charge is 2.37. The molecule has 0 aromatic heterocycles. The summed E-state index contributed by atoms with van der Waals surface area (Å²) in [6, 6.07) is 5.48. The van der Waals surface area contributed by atoms with Gasteiger partial charge >= 0.3 is 0 Å². The van der Waals surface area contributed by atoms with E-state index in [0.717, 1.165) is 11.1 Å². The largest absolute Gasteiger partial charge is 0.325 e. The van der Waals surface area contributed by atoms with Crippen LogP contribution < -0.4 is 5.32 Å². The van der Waals surface area contributed by atoms with Crippen LogP contribution in [-0.4, -0.2) is 19.2 Å². The van der Waals surface area contributed by atoms with Gasteiger partial charge in [-0.25, -0.2) is 0 Å². The summed E-state index contributed by atoms with van der Waals surface area (Å²) in [6.45, 7) is 0. The molecule has 0 saturated heterocycles. The van der Waals surface area contributed by atoms with E-state index < -0.39 is 16.2 Å². The lowest BCUT2D eigenvalue weighted by Gasteiger charge is -2.14. The Kier molecular flexibility index (Phi) is 1.79. The Morgan fingerprint density at radius 1 is 1.19 bits per heavy atom. The van der Waals surface area contributed by atoms with Crippen molar-refractivity contribution in [3.8, 4) is 0 Å². The van der Waals surface area contributed by atoms with Crippen LogP contribution in [-0.2, 0) is 15.1 Å². The summed E-state index contributed by atoms with van der Waals surface area (Å²) in [5, 5.41) is 2.69. The van der Waals surface area contributed by atoms with Crippen molar-refractivity contribution in [2.45, 2.75) is 5.92 Å². The van der Waals surface area contributed by atoms with E-state index >= 15 is 0 Å². The summed E-state index contributed by atoms with van der Waals surface area (Å²) in [6.07, 6.45) is 3.21. The van der Waals surface area contributed by atoms with E-state index in [4.69, 9.17) is 0 Å². The molecule has 0 fully saturated rings. The monoisotopic (exact) mass is 233 g/mol. The molecule has 1 aliphatic carbocycles. The molecule has 0 saturated carbocycles. The van der Waals surface area contributed by atoms with E-state index in [-0.39, 0.29) is 10.8 Å². The standard InChI is InChI=1S/C11H7NO3S/c13-11-10-8(16(14)15)5-4-6-2-1-3-7(12-11)9(6)10/h1-5,10H,(H,12,13). The Bertz CT molecular complexity index is 662. The zero-order chi connectivity index (χ0) is 11.3. The lowest BCUT2D eigenvalue weighted by Crippen LogP contribution is -2.22. The average molecular weight is 233 g/mol. The number of allylic oxidation sites excluding steroid dienone is 1. The summed E-state index contributed by atoms with van der Waals surface area (Å²) in [7, 11) is -2.36. The van der Waals surface area contributed by atoms with Crippen LogP contribution in [0.4, 0.5) is 5.69 Å². The molecule has 1 heterocycles. The molecule has 2 aliphatic rings. The molecule has 1 aromatic carbocycles. The molecular weight excluding hydrogens is 226 g/mol. The van der Waals surface area contributed by atoms with E-state index in [1.807, 2.05) is 12.1 Å². The van der Waals surface area contributed by atoms with Crippen molar-refractivity contribution >= 4 is 32.8 Å². The quantitative estimate of drug-likeness (QED) is 0.674. The van der Waals surface area contributed by atoms with Gasteiger partial charge in [-0.15, -0.1) is 0 Å². The minimum absolute atomic E-state index is 0.134. The number of carbonyl (C=O) groups excluding carboxylic acids is 1. The zero-order valence-electron chi connectivity index (χ0n) is 8.10. The molecule has 3 rings (SSSR count). The van der Waals surface area contributed by atoms with Gasteiger partial charge in [0.05, 0.1) is 4.86 Å². The summed E-state index contributed by atoms with van der Waals surface area (Å²) in [5.41, 5.74) is 2.38. The maximum atomic E-state index is 11.7. The molecule has 1 unspecified atom stereocenters. The molecule has 1 amide bonds. The SMILES string of the molecule is O=C1Nc2cccc3c2C1C(=S(=O)=O)C=C3. The number of hydrogen-bond acceptors (Lipinski definition) is 3. The highest BCUT2D eigenvalue weighted by atomic mass is 32.2. The van der Waals surface area contributed by atoms with Gasteiger partial charge in [0.25, 0.3) is 0 Å². The molecule has 0 radical (unpaired) electrons. The van der Waals surface area contributed by atoms with E-state index in [1.165, 1.54) is 6.08 Å². The molecule has 0 spiro atoms. The number of rotatable bonds is 0. The third-order valence-electron chi connectivity index (χ3n) is 2.85. The Balaban J connectivity index is 2.40. The maximum absolute atomic E-state index is 11.7.